The third-order valence-corrected chi connectivity index (χ3v) is 4.21. The first-order valence-corrected chi connectivity index (χ1v) is 8.03. The Hall–Kier alpha value is -2.28. The van der Waals surface area contributed by atoms with E-state index in [1.165, 1.54) is 0 Å². The molecule has 7 heteroatoms. The van der Waals surface area contributed by atoms with Crippen LogP contribution in [-0.4, -0.2) is 45.2 Å². The van der Waals surface area contributed by atoms with Gasteiger partial charge in [-0.3, -0.25) is 4.79 Å². The van der Waals surface area contributed by atoms with Gasteiger partial charge in [0.1, 0.15) is 11.9 Å². The molecule has 0 spiro atoms. The minimum Gasteiger partial charge on any atom is -0.351 e. The Bertz CT molecular complexity index is 635. The summed E-state index contributed by atoms with van der Waals surface area (Å²) in [7, 11) is 0. The number of tetrazole rings is 1. The fraction of sp³-hybridized carbons (Fsp3) is 0.500. The van der Waals surface area contributed by atoms with Crippen LogP contribution in [-0.2, 0) is 11.2 Å². The Balaban J connectivity index is 1.77. The molecule has 0 saturated carbocycles. The largest absolute Gasteiger partial charge is 0.351 e. The predicted octanol–water partition coefficient (Wildman–Crippen LogP) is 0.634. The van der Waals surface area contributed by atoms with Gasteiger partial charge in [-0.25, -0.2) is 4.68 Å². The fourth-order valence-electron chi connectivity index (χ4n) is 2.92. The Labute approximate surface area is 135 Å². The number of amides is 1. The van der Waals surface area contributed by atoms with Gasteiger partial charge in [-0.1, -0.05) is 30.3 Å². The summed E-state index contributed by atoms with van der Waals surface area (Å²) in [6, 6.07) is 9.75. The van der Waals surface area contributed by atoms with Gasteiger partial charge in [0.25, 0.3) is 0 Å². The molecule has 122 valence electrons. The average molecular weight is 314 g/mol. The lowest BCUT2D eigenvalue weighted by Crippen LogP contribution is -2.46. The maximum Gasteiger partial charge on any atom is 0.245 e. The zero-order chi connectivity index (χ0) is 16.1. The van der Waals surface area contributed by atoms with E-state index in [2.05, 4.69) is 26.2 Å². The van der Waals surface area contributed by atoms with E-state index in [0.29, 0.717) is 12.2 Å². The molecule has 2 N–H and O–H groups in total. The Kier molecular flexibility index (Phi) is 4.97. The number of aromatic nitrogens is 4. The molecule has 7 nitrogen and oxygen atoms in total. The highest BCUT2D eigenvalue weighted by molar-refractivity contribution is 5.80. The molecule has 1 aliphatic rings. The molecule has 1 atom stereocenters. The van der Waals surface area contributed by atoms with Gasteiger partial charge in [-0.15, -0.1) is 5.10 Å². The number of hydrogen-bond acceptors (Lipinski definition) is 5. The zero-order valence-corrected chi connectivity index (χ0v) is 13.3. The molecule has 1 saturated heterocycles. The summed E-state index contributed by atoms with van der Waals surface area (Å²) in [6.45, 7) is 3.70. The molecule has 0 radical (unpaired) electrons. The lowest BCUT2D eigenvalue weighted by atomic mass is 10.0. The molecule has 1 aromatic heterocycles. The normalized spacial score (nSPS) is 16.9. The second kappa shape index (κ2) is 7.32. The van der Waals surface area contributed by atoms with E-state index in [4.69, 9.17) is 0 Å². The first-order chi connectivity index (χ1) is 11.2. The van der Waals surface area contributed by atoms with Crippen LogP contribution in [0.25, 0.3) is 0 Å². The van der Waals surface area contributed by atoms with E-state index >= 15 is 0 Å². The van der Waals surface area contributed by atoms with E-state index in [1.807, 2.05) is 37.3 Å². The van der Waals surface area contributed by atoms with Gasteiger partial charge in [0.2, 0.25) is 5.91 Å². The molecular formula is C16H22N6O. The molecule has 1 aliphatic heterocycles. The second-order valence-electron chi connectivity index (χ2n) is 5.91. The molecule has 1 aromatic carbocycles. The molecule has 23 heavy (non-hydrogen) atoms. The molecule has 1 fully saturated rings. The van der Waals surface area contributed by atoms with Crippen LogP contribution in [0.4, 0.5) is 0 Å². The maximum atomic E-state index is 12.8. The van der Waals surface area contributed by atoms with Crippen LogP contribution in [0.5, 0.6) is 0 Å². The van der Waals surface area contributed by atoms with Crippen LogP contribution < -0.4 is 10.6 Å². The summed E-state index contributed by atoms with van der Waals surface area (Å²) in [5.41, 5.74) is 1.09. The summed E-state index contributed by atoms with van der Waals surface area (Å²) < 4.78 is 1.61. The van der Waals surface area contributed by atoms with Crippen molar-refractivity contribution in [3.8, 4) is 0 Å². The Morgan fingerprint density at radius 1 is 1.35 bits per heavy atom. The van der Waals surface area contributed by atoms with E-state index in [1.54, 1.807) is 4.68 Å². The van der Waals surface area contributed by atoms with Crippen molar-refractivity contribution in [1.82, 2.24) is 30.8 Å². The zero-order valence-electron chi connectivity index (χ0n) is 13.3. The summed E-state index contributed by atoms with van der Waals surface area (Å²) in [5.74, 6) is 0.627. The van der Waals surface area contributed by atoms with Crippen LogP contribution in [0.1, 0.15) is 30.3 Å². The standard InChI is InChI=1S/C16H22N6O/c1-12-19-20-21-22(12)15(11-13-5-3-2-4-6-13)16(23)18-14-7-9-17-10-8-14/h2-6,14-15,17H,7-11H2,1H3,(H,18,23). The summed E-state index contributed by atoms with van der Waals surface area (Å²) >= 11 is 0. The van der Waals surface area contributed by atoms with Gasteiger partial charge in [0.05, 0.1) is 0 Å². The summed E-state index contributed by atoms with van der Waals surface area (Å²) in [4.78, 5) is 12.8. The number of aryl methyl sites for hydroxylation is 1. The smallest absolute Gasteiger partial charge is 0.245 e. The molecular weight excluding hydrogens is 292 g/mol. The number of piperidine rings is 1. The predicted molar refractivity (Wildman–Crippen MR) is 85.8 cm³/mol. The van der Waals surface area contributed by atoms with Crippen LogP contribution in [0.15, 0.2) is 30.3 Å². The number of hydrogen-bond donors (Lipinski definition) is 2. The number of carbonyl (C=O) groups is 1. The van der Waals surface area contributed by atoms with Crippen LogP contribution >= 0.6 is 0 Å². The number of nitrogens with one attached hydrogen (secondary N) is 2. The molecule has 0 bridgehead atoms. The van der Waals surface area contributed by atoms with E-state index in [-0.39, 0.29) is 11.9 Å². The Morgan fingerprint density at radius 3 is 2.74 bits per heavy atom. The third kappa shape index (κ3) is 3.92. The minimum absolute atomic E-state index is 0.0175. The van der Waals surface area contributed by atoms with Gasteiger partial charge in [0, 0.05) is 12.5 Å². The lowest BCUT2D eigenvalue weighted by Gasteiger charge is -2.26. The monoisotopic (exact) mass is 314 g/mol. The lowest BCUT2D eigenvalue weighted by molar-refractivity contribution is -0.125. The van der Waals surface area contributed by atoms with Crippen molar-refractivity contribution >= 4 is 5.91 Å². The van der Waals surface area contributed by atoms with E-state index in [0.717, 1.165) is 31.5 Å². The fourth-order valence-corrected chi connectivity index (χ4v) is 2.92. The van der Waals surface area contributed by atoms with Crippen molar-refractivity contribution in [3.05, 3.63) is 41.7 Å². The molecule has 3 rings (SSSR count). The number of rotatable bonds is 5. The number of benzene rings is 1. The summed E-state index contributed by atoms with van der Waals surface area (Å²) in [6.07, 6.45) is 2.49. The summed E-state index contributed by atoms with van der Waals surface area (Å²) in [5, 5.41) is 18.1. The highest BCUT2D eigenvalue weighted by Crippen LogP contribution is 2.16. The highest BCUT2D eigenvalue weighted by Gasteiger charge is 2.26. The van der Waals surface area contributed by atoms with Crippen molar-refractivity contribution < 1.29 is 4.79 Å². The van der Waals surface area contributed by atoms with Crippen LogP contribution in [0.3, 0.4) is 0 Å². The van der Waals surface area contributed by atoms with E-state index < -0.39 is 6.04 Å². The molecule has 0 aliphatic carbocycles. The topological polar surface area (TPSA) is 84.7 Å². The highest BCUT2D eigenvalue weighted by atomic mass is 16.2. The van der Waals surface area contributed by atoms with Crippen molar-refractivity contribution in [3.63, 3.8) is 0 Å². The molecule has 1 amide bonds. The van der Waals surface area contributed by atoms with Gasteiger partial charge < -0.3 is 10.6 Å². The van der Waals surface area contributed by atoms with Crippen LogP contribution in [0.2, 0.25) is 0 Å². The third-order valence-electron chi connectivity index (χ3n) is 4.21. The maximum absolute atomic E-state index is 12.8. The molecule has 2 aromatic rings. The van der Waals surface area contributed by atoms with Crippen molar-refractivity contribution in [1.29, 1.82) is 0 Å². The van der Waals surface area contributed by atoms with Gasteiger partial charge in [-0.2, -0.15) is 0 Å². The first kappa shape index (κ1) is 15.6. The number of carbonyl (C=O) groups excluding carboxylic acids is 1. The Morgan fingerprint density at radius 2 is 2.09 bits per heavy atom. The van der Waals surface area contributed by atoms with Crippen molar-refractivity contribution in [2.75, 3.05) is 13.1 Å². The van der Waals surface area contributed by atoms with E-state index in [9.17, 15) is 4.79 Å². The van der Waals surface area contributed by atoms with Crippen molar-refractivity contribution in [2.45, 2.75) is 38.3 Å². The molecule has 1 unspecified atom stereocenters. The second-order valence-corrected chi connectivity index (χ2v) is 5.91. The van der Waals surface area contributed by atoms with Crippen LogP contribution in [0, 0.1) is 6.92 Å². The van der Waals surface area contributed by atoms with Crippen molar-refractivity contribution in [2.24, 2.45) is 0 Å². The first-order valence-electron chi connectivity index (χ1n) is 8.03. The minimum atomic E-state index is -0.428. The molecule has 2 heterocycles. The van der Waals surface area contributed by atoms with Gasteiger partial charge in [0.15, 0.2) is 0 Å². The number of nitrogens with zero attached hydrogens (tertiary/aromatic N) is 4. The average Bonchev–Trinajstić information content (AvgIpc) is 3.00. The van der Waals surface area contributed by atoms with Gasteiger partial charge in [-0.05, 0) is 48.8 Å². The quantitative estimate of drug-likeness (QED) is 0.846. The SMILES string of the molecule is Cc1nnnn1C(Cc1ccccc1)C(=O)NC1CCNCC1. The van der Waals surface area contributed by atoms with Gasteiger partial charge >= 0.3 is 0 Å².